The smallest absolute Gasteiger partial charge is 0.246 e. The Morgan fingerprint density at radius 1 is 1.60 bits per heavy atom. The Hall–Kier alpha value is -1.09. The van der Waals surface area contributed by atoms with E-state index in [1.165, 1.54) is 0 Å². The molecule has 0 saturated carbocycles. The van der Waals surface area contributed by atoms with Crippen molar-refractivity contribution in [2.24, 2.45) is 5.92 Å². The Morgan fingerprint density at radius 2 is 2.33 bits per heavy atom. The average molecular weight is 208 g/mol. The molecule has 1 atom stereocenters. The van der Waals surface area contributed by atoms with Crippen LogP contribution in [0.1, 0.15) is 6.42 Å². The van der Waals surface area contributed by atoms with Gasteiger partial charge in [-0.05, 0) is 26.4 Å². The summed E-state index contributed by atoms with van der Waals surface area (Å²) in [5.41, 5.74) is 0. The van der Waals surface area contributed by atoms with E-state index in [4.69, 9.17) is 0 Å². The Balaban J connectivity index is 2.35. The highest BCUT2D eigenvalue weighted by Crippen LogP contribution is 2.16. The summed E-state index contributed by atoms with van der Waals surface area (Å²) in [4.78, 5) is 15.6. The van der Waals surface area contributed by atoms with Crippen molar-refractivity contribution < 1.29 is 4.79 Å². The van der Waals surface area contributed by atoms with E-state index < -0.39 is 0 Å². The van der Waals surface area contributed by atoms with E-state index in [1.54, 1.807) is 6.08 Å². The first kappa shape index (κ1) is 12.0. The molecule has 1 aliphatic heterocycles. The Bertz CT molecular complexity index is 258. The lowest BCUT2D eigenvalue weighted by Crippen LogP contribution is -2.26. The maximum Gasteiger partial charge on any atom is 0.246 e. The van der Waals surface area contributed by atoms with Crippen molar-refractivity contribution in [1.82, 2.24) is 9.80 Å². The van der Waals surface area contributed by atoms with Crippen LogP contribution in [-0.4, -0.2) is 49.4 Å². The van der Waals surface area contributed by atoms with Gasteiger partial charge in [-0.3, -0.25) is 4.79 Å². The number of nitrogens with zero attached hydrogens (tertiary/aromatic N) is 2. The number of carbonyl (C=O) groups is 1. The van der Waals surface area contributed by atoms with Crippen LogP contribution in [0.5, 0.6) is 0 Å². The van der Waals surface area contributed by atoms with Crippen LogP contribution in [0.15, 0.2) is 24.8 Å². The average Bonchev–Trinajstić information content (AvgIpc) is 2.65. The van der Waals surface area contributed by atoms with Crippen molar-refractivity contribution in [2.75, 3.05) is 33.7 Å². The molecule has 1 heterocycles. The molecule has 0 aromatic carbocycles. The third kappa shape index (κ3) is 3.88. The number of likely N-dealkylation sites (tertiary alicyclic amines) is 1. The summed E-state index contributed by atoms with van der Waals surface area (Å²) in [6.45, 7) is 6.26. The summed E-state index contributed by atoms with van der Waals surface area (Å²) in [7, 11) is 3.97. The van der Waals surface area contributed by atoms with Gasteiger partial charge in [0.1, 0.15) is 0 Å². The van der Waals surface area contributed by atoms with Gasteiger partial charge in [0.15, 0.2) is 0 Å². The van der Waals surface area contributed by atoms with Crippen LogP contribution in [-0.2, 0) is 4.79 Å². The lowest BCUT2D eigenvalue weighted by atomic mass is 10.1. The largest absolute Gasteiger partial charge is 0.339 e. The van der Waals surface area contributed by atoms with Crippen molar-refractivity contribution in [3.05, 3.63) is 24.8 Å². The first-order valence-corrected chi connectivity index (χ1v) is 5.36. The van der Waals surface area contributed by atoms with E-state index in [9.17, 15) is 4.79 Å². The second-order valence-electron chi connectivity index (χ2n) is 4.23. The molecule has 1 fully saturated rings. The van der Waals surface area contributed by atoms with Crippen LogP contribution in [0.25, 0.3) is 0 Å². The van der Waals surface area contributed by atoms with E-state index in [-0.39, 0.29) is 5.91 Å². The number of rotatable bonds is 4. The first-order valence-electron chi connectivity index (χ1n) is 5.36. The summed E-state index contributed by atoms with van der Waals surface area (Å²) < 4.78 is 0. The molecule has 0 spiro atoms. The number of likely N-dealkylation sites (N-methyl/N-ethyl adjacent to an activating group) is 1. The minimum atomic E-state index is 0.126. The minimum absolute atomic E-state index is 0.126. The van der Waals surface area contributed by atoms with Gasteiger partial charge in [0, 0.05) is 25.7 Å². The summed E-state index contributed by atoms with van der Waals surface area (Å²) in [5, 5.41) is 0. The van der Waals surface area contributed by atoms with Gasteiger partial charge < -0.3 is 9.80 Å². The van der Waals surface area contributed by atoms with E-state index >= 15 is 0 Å². The van der Waals surface area contributed by atoms with Crippen LogP contribution >= 0.6 is 0 Å². The van der Waals surface area contributed by atoms with Crippen LogP contribution in [0.4, 0.5) is 0 Å². The van der Waals surface area contributed by atoms with Crippen LogP contribution in [0.2, 0.25) is 0 Å². The van der Waals surface area contributed by atoms with Crippen molar-refractivity contribution in [3.8, 4) is 0 Å². The zero-order chi connectivity index (χ0) is 11.3. The van der Waals surface area contributed by atoms with E-state index in [1.807, 2.05) is 36.0 Å². The molecule has 3 heteroatoms. The van der Waals surface area contributed by atoms with Gasteiger partial charge in [-0.1, -0.05) is 12.2 Å². The number of hydrogen-bond acceptors (Lipinski definition) is 2. The number of carbonyl (C=O) groups excluding carboxylic acids is 1. The third-order valence-electron chi connectivity index (χ3n) is 2.60. The summed E-state index contributed by atoms with van der Waals surface area (Å²) >= 11 is 0. The van der Waals surface area contributed by atoms with Gasteiger partial charge in [0.05, 0.1) is 0 Å². The predicted molar refractivity (Wildman–Crippen MR) is 62.6 cm³/mol. The van der Waals surface area contributed by atoms with Crippen LogP contribution in [0, 0.1) is 5.92 Å². The van der Waals surface area contributed by atoms with Crippen molar-refractivity contribution >= 4 is 5.91 Å². The highest BCUT2D eigenvalue weighted by Gasteiger charge is 2.22. The molecule has 1 rings (SSSR count). The molecular formula is C12H20N2O. The van der Waals surface area contributed by atoms with Crippen LogP contribution in [0.3, 0.4) is 0 Å². The molecule has 0 N–H and O–H groups in total. The monoisotopic (exact) mass is 208 g/mol. The molecular weight excluding hydrogens is 188 g/mol. The van der Waals surface area contributed by atoms with Gasteiger partial charge in [-0.25, -0.2) is 0 Å². The molecule has 1 amide bonds. The van der Waals surface area contributed by atoms with Gasteiger partial charge in [0.2, 0.25) is 5.91 Å². The molecule has 3 nitrogen and oxygen atoms in total. The molecule has 15 heavy (non-hydrogen) atoms. The number of amides is 1. The fourth-order valence-electron chi connectivity index (χ4n) is 1.65. The Labute approximate surface area is 92.0 Å². The van der Waals surface area contributed by atoms with Gasteiger partial charge in [-0.15, -0.1) is 6.58 Å². The molecule has 0 aliphatic carbocycles. The Kier molecular flexibility index (Phi) is 4.56. The van der Waals surface area contributed by atoms with Crippen LogP contribution < -0.4 is 0 Å². The Morgan fingerprint density at radius 3 is 2.87 bits per heavy atom. The zero-order valence-electron chi connectivity index (χ0n) is 9.65. The van der Waals surface area contributed by atoms with Gasteiger partial charge >= 0.3 is 0 Å². The van der Waals surface area contributed by atoms with E-state index in [2.05, 4.69) is 6.58 Å². The van der Waals surface area contributed by atoms with Crippen molar-refractivity contribution in [2.45, 2.75) is 6.42 Å². The minimum Gasteiger partial charge on any atom is -0.339 e. The molecule has 84 valence electrons. The standard InChI is InChI=1S/C12H20N2O/c1-4-11-7-9-14(10-11)12(15)6-5-8-13(2)3/h4-6,11H,1,7-10H2,2-3H3/b6-5+. The third-order valence-corrected chi connectivity index (χ3v) is 2.60. The molecule has 1 aliphatic rings. The molecule has 0 aromatic heterocycles. The van der Waals surface area contributed by atoms with E-state index in [0.717, 1.165) is 26.1 Å². The molecule has 1 saturated heterocycles. The van der Waals surface area contributed by atoms with Crippen molar-refractivity contribution in [1.29, 1.82) is 0 Å². The quantitative estimate of drug-likeness (QED) is 0.511. The first-order chi connectivity index (χ1) is 7.13. The summed E-state index contributed by atoms with van der Waals surface area (Å²) in [5.74, 6) is 0.609. The number of hydrogen-bond donors (Lipinski definition) is 0. The molecule has 0 bridgehead atoms. The second kappa shape index (κ2) is 5.71. The summed E-state index contributed by atoms with van der Waals surface area (Å²) in [6, 6.07) is 0. The predicted octanol–water partition coefficient (Wildman–Crippen LogP) is 1.14. The topological polar surface area (TPSA) is 23.6 Å². The normalized spacial score (nSPS) is 21.5. The lowest BCUT2D eigenvalue weighted by Gasteiger charge is -2.13. The highest BCUT2D eigenvalue weighted by molar-refractivity contribution is 5.87. The highest BCUT2D eigenvalue weighted by atomic mass is 16.2. The SMILES string of the molecule is C=CC1CCN(C(=O)/C=C/CN(C)C)C1. The lowest BCUT2D eigenvalue weighted by molar-refractivity contribution is -0.125. The molecule has 1 unspecified atom stereocenters. The molecule has 0 radical (unpaired) electrons. The maximum absolute atomic E-state index is 11.7. The fourth-order valence-corrected chi connectivity index (χ4v) is 1.65. The van der Waals surface area contributed by atoms with Gasteiger partial charge in [0.25, 0.3) is 0 Å². The fraction of sp³-hybridized carbons (Fsp3) is 0.583. The molecule has 0 aromatic rings. The van der Waals surface area contributed by atoms with Gasteiger partial charge in [-0.2, -0.15) is 0 Å². The zero-order valence-corrected chi connectivity index (χ0v) is 9.65. The maximum atomic E-state index is 11.7. The van der Waals surface area contributed by atoms with E-state index in [0.29, 0.717) is 5.92 Å². The van der Waals surface area contributed by atoms with Crippen molar-refractivity contribution in [3.63, 3.8) is 0 Å². The second-order valence-corrected chi connectivity index (χ2v) is 4.23. The summed E-state index contributed by atoms with van der Waals surface area (Å²) in [6.07, 6.45) is 6.57.